The van der Waals surface area contributed by atoms with Crippen LogP contribution in [-0.4, -0.2) is 50.2 Å². The zero-order valence-corrected chi connectivity index (χ0v) is 23.7. The zero-order valence-electron chi connectivity index (χ0n) is 21.8. The molecular formula is C27H37N5OSSi. The van der Waals surface area contributed by atoms with E-state index >= 15 is 0 Å². The minimum atomic E-state index is -1.80. The number of aromatic nitrogens is 5. The molecule has 5 rings (SSSR count). The largest absolute Gasteiger partial charge is 0.415 e. The summed E-state index contributed by atoms with van der Waals surface area (Å²) in [7, 11) is -1.80. The Hall–Kier alpha value is -2.03. The van der Waals surface area contributed by atoms with Crippen molar-refractivity contribution in [3.63, 3.8) is 0 Å². The maximum Gasteiger partial charge on any atom is 0.192 e. The number of rotatable bonds is 6. The topological polar surface area (TPSA) is 65.7 Å². The third-order valence-corrected chi connectivity index (χ3v) is 14.0. The smallest absolute Gasteiger partial charge is 0.192 e. The molecule has 0 amide bonds. The van der Waals surface area contributed by atoms with E-state index in [0.717, 1.165) is 61.1 Å². The molecule has 0 N–H and O–H groups in total. The van der Waals surface area contributed by atoms with E-state index < -0.39 is 8.32 Å². The third kappa shape index (κ3) is 4.72. The Kier molecular flexibility index (Phi) is 6.21. The molecule has 35 heavy (non-hydrogen) atoms. The highest BCUT2D eigenvalue weighted by Crippen LogP contribution is 2.53. The Bertz CT molecular complexity index is 1180. The molecule has 1 unspecified atom stereocenters. The first kappa shape index (κ1) is 24.7. The Morgan fingerprint density at radius 1 is 1.09 bits per heavy atom. The van der Waals surface area contributed by atoms with E-state index in [2.05, 4.69) is 79.6 Å². The lowest BCUT2D eigenvalue weighted by molar-refractivity contribution is 0.252. The molecule has 2 aromatic heterocycles. The Morgan fingerprint density at radius 2 is 1.83 bits per heavy atom. The van der Waals surface area contributed by atoms with Crippen LogP contribution < -0.4 is 0 Å². The second-order valence-electron chi connectivity index (χ2n) is 11.9. The van der Waals surface area contributed by atoms with Crippen LogP contribution in [0.1, 0.15) is 57.7 Å². The highest BCUT2D eigenvalue weighted by atomic mass is 32.2. The number of hydrogen-bond donors (Lipinski definition) is 0. The first-order valence-electron chi connectivity index (χ1n) is 12.6. The summed E-state index contributed by atoms with van der Waals surface area (Å²) >= 11 is 2.03. The molecule has 0 spiro atoms. The molecule has 1 aliphatic carbocycles. The number of nitrogens with zero attached hydrogens (tertiary/aromatic N) is 5. The van der Waals surface area contributed by atoms with Gasteiger partial charge in [-0.15, -0.1) is 10.2 Å². The lowest BCUT2D eigenvalue weighted by Gasteiger charge is -2.39. The lowest BCUT2D eigenvalue weighted by Crippen LogP contribution is -2.45. The van der Waals surface area contributed by atoms with Crippen molar-refractivity contribution in [3.05, 3.63) is 60.1 Å². The summed E-state index contributed by atoms with van der Waals surface area (Å²) in [5.41, 5.74) is 3.29. The Balaban J connectivity index is 1.36. The van der Waals surface area contributed by atoms with Crippen molar-refractivity contribution in [1.29, 1.82) is 0 Å². The third-order valence-electron chi connectivity index (χ3n) is 8.14. The molecule has 1 aromatic carbocycles. The van der Waals surface area contributed by atoms with E-state index in [1.165, 1.54) is 5.56 Å². The molecule has 3 aromatic rings. The van der Waals surface area contributed by atoms with Gasteiger partial charge in [-0.3, -0.25) is 9.97 Å². The van der Waals surface area contributed by atoms with E-state index in [9.17, 15) is 0 Å². The van der Waals surface area contributed by atoms with Crippen molar-refractivity contribution in [2.45, 2.75) is 81.8 Å². The fourth-order valence-electron chi connectivity index (χ4n) is 4.64. The number of benzene rings is 1. The van der Waals surface area contributed by atoms with Gasteiger partial charge in [-0.2, -0.15) is 11.8 Å². The molecule has 2 aliphatic rings. The predicted molar refractivity (Wildman–Crippen MR) is 145 cm³/mol. The van der Waals surface area contributed by atoms with Crippen LogP contribution in [0.4, 0.5) is 0 Å². The molecule has 0 bridgehead atoms. The lowest BCUT2D eigenvalue weighted by atomic mass is 9.93. The van der Waals surface area contributed by atoms with Crippen molar-refractivity contribution in [2.75, 3.05) is 12.4 Å². The van der Waals surface area contributed by atoms with E-state index in [0.29, 0.717) is 0 Å². The van der Waals surface area contributed by atoms with Crippen LogP contribution in [0.25, 0.3) is 11.3 Å². The quantitative estimate of drug-likeness (QED) is 0.388. The van der Waals surface area contributed by atoms with Crippen molar-refractivity contribution >= 4 is 20.1 Å². The van der Waals surface area contributed by atoms with E-state index in [4.69, 9.17) is 14.6 Å². The second kappa shape index (κ2) is 8.82. The number of hydrogen-bond acceptors (Lipinski definition) is 6. The average Bonchev–Trinajstić information content (AvgIpc) is 3.57. The summed E-state index contributed by atoms with van der Waals surface area (Å²) in [6.07, 6.45) is 8.38. The summed E-state index contributed by atoms with van der Waals surface area (Å²) in [5, 5.41) is 9.75. The van der Waals surface area contributed by atoms with Gasteiger partial charge in [0, 0.05) is 48.0 Å². The van der Waals surface area contributed by atoms with Gasteiger partial charge in [0.05, 0.1) is 17.3 Å². The highest BCUT2D eigenvalue weighted by Gasteiger charge is 2.51. The van der Waals surface area contributed by atoms with Gasteiger partial charge in [-0.25, -0.2) is 0 Å². The average molecular weight is 508 g/mol. The summed E-state index contributed by atoms with van der Waals surface area (Å²) in [6, 6.07) is 8.79. The van der Waals surface area contributed by atoms with Crippen LogP contribution in [0.2, 0.25) is 18.1 Å². The number of fused-ring (bicyclic) bond motifs is 1. The SMILES string of the molecule is CC1(CO[Si](C)(C)C(C)(C)C)Cc2nnc(C3(c4ccc(-c5cnccn5)cc4)CC3)n2CCS1. The fraction of sp³-hybridized carbons (Fsp3) is 0.556. The summed E-state index contributed by atoms with van der Waals surface area (Å²) in [4.78, 5) is 8.63. The molecule has 3 heterocycles. The van der Waals surface area contributed by atoms with Gasteiger partial charge in [0.15, 0.2) is 8.32 Å². The van der Waals surface area contributed by atoms with Crippen molar-refractivity contribution in [2.24, 2.45) is 0 Å². The normalized spacial score (nSPS) is 21.9. The Morgan fingerprint density at radius 3 is 2.46 bits per heavy atom. The monoisotopic (exact) mass is 507 g/mol. The second-order valence-corrected chi connectivity index (χ2v) is 18.4. The maximum atomic E-state index is 6.66. The van der Waals surface area contributed by atoms with Crippen LogP contribution in [-0.2, 0) is 22.8 Å². The van der Waals surface area contributed by atoms with Gasteiger partial charge >= 0.3 is 0 Å². The van der Waals surface area contributed by atoms with E-state index in [-0.39, 0.29) is 15.2 Å². The minimum absolute atomic E-state index is 0.0170. The first-order valence-corrected chi connectivity index (χ1v) is 16.5. The van der Waals surface area contributed by atoms with Crippen LogP contribution in [0.5, 0.6) is 0 Å². The van der Waals surface area contributed by atoms with E-state index in [1.54, 1.807) is 12.4 Å². The number of thioether (sulfide) groups is 1. The first-order chi connectivity index (χ1) is 16.5. The standard InChI is InChI=1S/C27H37N5OSSi/c1-25(2,3)35(5,6)33-19-26(4)17-23-30-31-24(32(23)15-16-34-26)27(11-12-27)21-9-7-20(8-10-21)22-18-28-13-14-29-22/h7-10,13-14,18H,11-12,15-17,19H2,1-6H3. The van der Waals surface area contributed by atoms with Crippen molar-refractivity contribution in [1.82, 2.24) is 24.7 Å². The van der Waals surface area contributed by atoms with Gasteiger partial charge in [0.2, 0.25) is 0 Å². The highest BCUT2D eigenvalue weighted by molar-refractivity contribution is 8.00. The molecular weight excluding hydrogens is 470 g/mol. The van der Waals surface area contributed by atoms with Gasteiger partial charge < -0.3 is 8.99 Å². The van der Waals surface area contributed by atoms with Gasteiger partial charge in [0.1, 0.15) is 11.6 Å². The molecule has 186 valence electrons. The van der Waals surface area contributed by atoms with Crippen LogP contribution in [0.3, 0.4) is 0 Å². The van der Waals surface area contributed by atoms with Crippen LogP contribution in [0.15, 0.2) is 42.9 Å². The molecule has 6 nitrogen and oxygen atoms in total. The summed E-state index contributed by atoms with van der Waals surface area (Å²) in [6.45, 7) is 15.7. The van der Waals surface area contributed by atoms with E-state index in [1.807, 2.05) is 18.0 Å². The molecule has 1 fully saturated rings. The van der Waals surface area contributed by atoms with Gasteiger partial charge in [-0.1, -0.05) is 45.0 Å². The van der Waals surface area contributed by atoms with Crippen molar-refractivity contribution in [3.8, 4) is 11.3 Å². The predicted octanol–water partition coefficient (Wildman–Crippen LogP) is 5.88. The Labute approximate surface area is 214 Å². The molecule has 1 saturated carbocycles. The fourth-order valence-corrected chi connectivity index (χ4v) is 7.00. The van der Waals surface area contributed by atoms with Gasteiger partial charge in [-0.05, 0) is 43.5 Å². The molecule has 0 saturated heterocycles. The maximum absolute atomic E-state index is 6.66. The summed E-state index contributed by atoms with van der Waals surface area (Å²) < 4.78 is 9.09. The molecule has 1 aliphatic heterocycles. The van der Waals surface area contributed by atoms with Crippen LogP contribution in [0, 0.1) is 0 Å². The van der Waals surface area contributed by atoms with Crippen molar-refractivity contribution < 1.29 is 4.43 Å². The molecule has 1 atom stereocenters. The van der Waals surface area contributed by atoms with Gasteiger partial charge in [0.25, 0.3) is 0 Å². The minimum Gasteiger partial charge on any atom is -0.415 e. The molecule has 8 heteroatoms. The van der Waals surface area contributed by atoms with Crippen LogP contribution >= 0.6 is 11.8 Å². The summed E-state index contributed by atoms with van der Waals surface area (Å²) in [5.74, 6) is 3.29. The molecule has 0 radical (unpaired) electrons. The zero-order chi connectivity index (χ0) is 24.9.